The first-order chi connectivity index (χ1) is 4.43. The molecule has 2 N–H and O–H groups in total. The first-order valence-corrected chi connectivity index (χ1v) is 3.03. The lowest BCUT2D eigenvalue weighted by Gasteiger charge is -1.92. The van der Waals surface area contributed by atoms with Crippen LogP contribution in [0.4, 0.5) is 0 Å². The SMILES string of the molecule is Cl.I.NCCc1ccccn1. The van der Waals surface area contributed by atoms with Gasteiger partial charge in [-0.05, 0) is 18.7 Å². The standard InChI is InChI=1S/C7H10N2.ClH.HI/c8-5-4-7-3-1-2-6-9-7;;/h1-3,6H,4-5,8H2;2*1H. The van der Waals surface area contributed by atoms with Crippen LogP contribution in [0.3, 0.4) is 0 Å². The molecule has 0 atom stereocenters. The summed E-state index contributed by atoms with van der Waals surface area (Å²) >= 11 is 0. The fourth-order valence-electron chi connectivity index (χ4n) is 0.694. The minimum Gasteiger partial charge on any atom is -0.330 e. The highest BCUT2D eigenvalue weighted by molar-refractivity contribution is 14.0. The van der Waals surface area contributed by atoms with Crippen LogP contribution in [0.2, 0.25) is 0 Å². The highest BCUT2D eigenvalue weighted by atomic mass is 127. The molecule has 0 saturated carbocycles. The first kappa shape index (κ1) is 13.7. The molecular formula is C7H12ClIN2. The minimum absolute atomic E-state index is 0. The number of rotatable bonds is 2. The maximum Gasteiger partial charge on any atom is 0.0416 e. The zero-order chi connectivity index (χ0) is 6.53. The van der Waals surface area contributed by atoms with Crippen LogP contribution in [0.5, 0.6) is 0 Å². The molecule has 0 saturated heterocycles. The van der Waals surface area contributed by atoms with Crippen LogP contribution in [0, 0.1) is 0 Å². The molecule has 0 fully saturated rings. The lowest BCUT2D eigenvalue weighted by Crippen LogP contribution is -2.03. The number of nitrogens with zero attached hydrogens (tertiary/aromatic N) is 1. The van der Waals surface area contributed by atoms with E-state index in [4.69, 9.17) is 5.73 Å². The van der Waals surface area contributed by atoms with Crippen molar-refractivity contribution < 1.29 is 0 Å². The summed E-state index contributed by atoms with van der Waals surface area (Å²) < 4.78 is 0. The normalized spacial score (nSPS) is 7.73. The molecule has 1 heterocycles. The fraction of sp³-hybridized carbons (Fsp3) is 0.286. The third-order valence-electron chi connectivity index (χ3n) is 1.13. The molecule has 0 unspecified atom stereocenters. The van der Waals surface area contributed by atoms with E-state index in [0.717, 1.165) is 12.1 Å². The summed E-state index contributed by atoms with van der Waals surface area (Å²) in [7, 11) is 0. The molecule has 0 aromatic carbocycles. The molecule has 0 aliphatic rings. The Morgan fingerprint density at radius 1 is 1.36 bits per heavy atom. The third-order valence-corrected chi connectivity index (χ3v) is 1.13. The molecule has 64 valence electrons. The van der Waals surface area contributed by atoms with Crippen molar-refractivity contribution in [3.8, 4) is 0 Å². The maximum absolute atomic E-state index is 5.32. The van der Waals surface area contributed by atoms with Crippen molar-refractivity contribution >= 4 is 36.4 Å². The van der Waals surface area contributed by atoms with Gasteiger partial charge in [0, 0.05) is 18.3 Å². The molecule has 1 rings (SSSR count). The van der Waals surface area contributed by atoms with Crippen molar-refractivity contribution in [2.75, 3.05) is 6.54 Å². The summed E-state index contributed by atoms with van der Waals surface area (Å²) in [4.78, 5) is 4.09. The van der Waals surface area contributed by atoms with Crippen molar-refractivity contribution in [3.63, 3.8) is 0 Å². The van der Waals surface area contributed by atoms with E-state index in [2.05, 4.69) is 4.98 Å². The van der Waals surface area contributed by atoms with Crippen LogP contribution in [-0.2, 0) is 6.42 Å². The Hall–Kier alpha value is 0.130. The number of aromatic nitrogens is 1. The summed E-state index contributed by atoms with van der Waals surface area (Å²) in [5, 5.41) is 0. The van der Waals surface area contributed by atoms with Gasteiger partial charge in [-0.3, -0.25) is 4.98 Å². The van der Waals surface area contributed by atoms with E-state index in [-0.39, 0.29) is 36.4 Å². The predicted octanol–water partition coefficient (Wildman–Crippen LogP) is 1.62. The van der Waals surface area contributed by atoms with Crippen LogP contribution in [0.15, 0.2) is 24.4 Å². The monoisotopic (exact) mass is 286 g/mol. The van der Waals surface area contributed by atoms with Crippen molar-refractivity contribution in [3.05, 3.63) is 30.1 Å². The summed E-state index contributed by atoms with van der Waals surface area (Å²) in [6, 6.07) is 5.85. The van der Waals surface area contributed by atoms with Crippen LogP contribution >= 0.6 is 36.4 Å². The zero-order valence-corrected chi connectivity index (χ0v) is 9.21. The topological polar surface area (TPSA) is 38.9 Å². The number of hydrogen-bond donors (Lipinski definition) is 1. The summed E-state index contributed by atoms with van der Waals surface area (Å²) in [6.07, 6.45) is 2.66. The summed E-state index contributed by atoms with van der Waals surface area (Å²) in [5.74, 6) is 0. The van der Waals surface area contributed by atoms with E-state index in [9.17, 15) is 0 Å². The van der Waals surface area contributed by atoms with Gasteiger partial charge in [-0.15, -0.1) is 36.4 Å². The number of nitrogens with two attached hydrogens (primary N) is 1. The molecule has 0 bridgehead atoms. The van der Waals surface area contributed by atoms with Crippen LogP contribution in [0.25, 0.3) is 0 Å². The molecule has 1 aromatic rings. The summed E-state index contributed by atoms with van der Waals surface area (Å²) in [5.41, 5.74) is 6.39. The van der Waals surface area contributed by atoms with Crippen molar-refractivity contribution in [2.45, 2.75) is 6.42 Å². The first-order valence-electron chi connectivity index (χ1n) is 3.03. The molecule has 4 heteroatoms. The van der Waals surface area contributed by atoms with Gasteiger partial charge in [-0.1, -0.05) is 6.07 Å². The van der Waals surface area contributed by atoms with Gasteiger partial charge in [-0.2, -0.15) is 0 Å². The van der Waals surface area contributed by atoms with Crippen molar-refractivity contribution in [2.24, 2.45) is 5.73 Å². The second kappa shape index (κ2) is 8.23. The molecule has 0 amide bonds. The largest absolute Gasteiger partial charge is 0.330 e. The Morgan fingerprint density at radius 2 is 2.09 bits per heavy atom. The van der Waals surface area contributed by atoms with Crippen molar-refractivity contribution in [1.29, 1.82) is 0 Å². The smallest absolute Gasteiger partial charge is 0.0416 e. The molecule has 0 radical (unpaired) electrons. The number of hydrogen-bond acceptors (Lipinski definition) is 2. The van der Waals surface area contributed by atoms with E-state index in [1.165, 1.54) is 0 Å². The second-order valence-corrected chi connectivity index (χ2v) is 1.86. The Bertz CT molecular complexity index is 169. The van der Waals surface area contributed by atoms with Gasteiger partial charge < -0.3 is 5.73 Å². The van der Waals surface area contributed by atoms with E-state index < -0.39 is 0 Å². The van der Waals surface area contributed by atoms with Gasteiger partial charge in [0.2, 0.25) is 0 Å². The lowest BCUT2D eigenvalue weighted by molar-refractivity contribution is 0.923. The second-order valence-electron chi connectivity index (χ2n) is 1.86. The quantitative estimate of drug-likeness (QED) is 0.839. The minimum atomic E-state index is 0. The van der Waals surface area contributed by atoms with E-state index in [1.54, 1.807) is 6.20 Å². The van der Waals surface area contributed by atoms with Crippen LogP contribution < -0.4 is 5.73 Å². The summed E-state index contributed by atoms with van der Waals surface area (Å²) in [6.45, 7) is 0.678. The molecule has 0 aliphatic heterocycles. The van der Waals surface area contributed by atoms with E-state index >= 15 is 0 Å². The van der Waals surface area contributed by atoms with Gasteiger partial charge in [0.1, 0.15) is 0 Å². The van der Waals surface area contributed by atoms with Gasteiger partial charge in [-0.25, -0.2) is 0 Å². The fourth-order valence-corrected chi connectivity index (χ4v) is 0.694. The Balaban J connectivity index is 0. The van der Waals surface area contributed by atoms with Gasteiger partial charge >= 0.3 is 0 Å². The molecule has 2 nitrogen and oxygen atoms in total. The predicted molar refractivity (Wildman–Crippen MR) is 59.7 cm³/mol. The number of pyridine rings is 1. The Kier molecular flexibility index (Phi) is 10.2. The third kappa shape index (κ3) is 5.41. The molecule has 0 aliphatic carbocycles. The molecular weight excluding hydrogens is 274 g/mol. The average molecular weight is 287 g/mol. The van der Waals surface area contributed by atoms with Gasteiger partial charge in [0.25, 0.3) is 0 Å². The molecule has 11 heavy (non-hydrogen) atoms. The zero-order valence-electron chi connectivity index (χ0n) is 6.06. The van der Waals surface area contributed by atoms with E-state index in [1.807, 2.05) is 18.2 Å². The Labute approximate surface area is 90.0 Å². The van der Waals surface area contributed by atoms with Gasteiger partial charge in [0.05, 0.1) is 0 Å². The Morgan fingerprint density at radius 3 is 2.55 bits per heavy atom. The van der Waals surface area contributed by atoms with Gasteiger partial charge in [0.15, 0.2) is 0 Å². The number of halogens is 2. The van der Waals surface area contributed by atoms with Crippen LogP contribution in [-0.4, -0.2) is 11.5 Å². The lowest BCUT2D eigenvalue weighted by atomic mass is 10.3. The van der Waals surface area contributed by atoms with E-state index in [0.29, 0.717) is 6.54 Å². The van der Waals surface area contributed by atoms with Crippen LogP contribution in [0.1, 0.15) is 5.69 Å². The van der Waals surface area contributed by atoms with Crippen molar-refractivity contribution in [1.82, 2.24) is 4.98 Å². The molecule has 1 aromatic heterocycles. The average Bonchev–Trinajstić information content (AvgIpc) is 1.91. The highest BCUT2D eigenvalue weighted by Gasteiger charge is 1.86. The maximum atomic E-state index is 5.32. The highest BCUT2D eigenvalue weighted by Crippen LogP contribution is 1.91. The molecule has 0 spiro atoms.